The highest BCUT2D eigenvalue weighted by atomic mass is 16.5. The lowest BCUT2D eigenvalue weighted by Crippen LogP contribution is -2.13. The molecule has 0 radical (unpaired) electrons. The standard InChI is InChI=1S/C16H23N5O/c1-4-12(3)22-14-7-5-13(6-8-14)11(2)9-18-16-20-10-19-15(17)21-16/h5-8,10-12H,4,9H2,1-3H3,(H3,17,18,19,20,21)/t11-,12-/m0/s1. The predicted octanol–water partition coefficient (Wildman–Crippen LogP) is 2.85. The molecule has 2 atom stereocenters. The molecular weight excluding hydrogens is 278 g/mol. The largest absolute Gasteiger partial charge is 0.491 e. The third kappa shape index (κ3) is 4.58. The van der Waals surface area contributed by atoms with Gasteiger partial charge in [-0.15, -0.1) is 0 Å². The van der Waals surface area contributed by atoms with E-state index in [1.54, 1.807) is 0 Å². The number of anilines is 2. The summed E-state index contributed by atoms with van der Waals surface area (Å²) in [5, 5.41) is 3.17. The number of ether oxygens (including phenoxy) is 1. The molecule has 2 aromatic rings. The molecule has 0 saturated heterocycles. The molecule has 0 spiro atoms. The van der Waals surface area contributed by atoms with E-state index < -0.39 is 0 Å². The second-order valence-corrected chi connectivity index (χ2v) is 5.35. The normalized spacial score (nSPS) is 13.4. The summed E-state index contributed by atoms with van der Waals surface area (Å²) in [6.45, 7) is 7.04. The van der Waals surface area contributed by atoms with Gasteiger partial charge in [0.05, 0.1) is 6.10 Å². The second kappa shape index (κ2) is 7.59. The summed E-state index contributed by atoms with van der Waals surface area (Å²) in [6, 6.07) is 8.20. The number of benzene rings is 1. The molecule has 0 unspecified atom stereocenters. The van der Waals surface area contributed by atoms with Crippen LogP contribution >= 0.6 is 0 Å². The van der Waals surface area contributed by atoms with Crippen LogP contribution in [0, 0.1) is 0 Å². The number of nitrogen functional groups attached to an aromatic ring is 1. The Morgan fingerprint density at radius 3 is 2.55 bits per heavy atom. The molecule has 22 heavy (non-hydrogen) atoms. The first-order valence-electron chi connectivity index (χ1n) is 7.53. The van der Waals surface area contributed by atoms with Crippen LogP contribution in [0.2, 0.25) is 0 Å². The first-order chi connectivity index (χ1) is 10.6. The molecular formula is C16H23N5O. The molecule has 0 fully saturated rings. The molecule has 0 saturated carbocycles. The second-order valence-electron chi connectivity index (χ2n) is 5.35. The zero-order chi connectivity index (χ0) is 15.9. The number of hydrogen-bond acceptors (Lipinski definition) is 6. The van der Waals surface area contributed by atoms with Crippen LogP contribution in [-0.2, 0) is 0 Å². The molecule has 1 heterocycles. The van der Waals surface area contributed by atoms with Gasteiger partial charge in [0, 0.05) is 6.54 Å². The van der Waals surface area contributed by atoms with Gasteiger partial charge >= 0.3 is 0 Å². The Hall–Kier alpha value is -2.37. The fraction of sp³-hybridized carbons (Fsp3) is 0.438. The summed E-state index contributed by atoms with van der Waals surface area (Å²) < 4.78 is 5.78. The van der Waals surface area contributed by atoms with Gasteiger partial charge in [-0.25, -0.2) is 9.97 Å². The Morgan fingerprint density at radius 2 is 1.91 bits per heavy atom. The van der Waals surface area contributed by atoms with Crippen LogP contribution < -0.4 is 15.8 Å². The molecule has 6 heteroatoms. The lowest BCUT2D eigenvalue weighted by atomic mass is 10.0. The van der Waals surface area contributed by atoms with E-state index in [1.165, 1.54) is 11.9 Å². The highest BCUT2D eigenvalue weighted by Crippen LogP contribution is 2.20. The van der Waals surface area contributed by atoms with Gasteiger partial charge in [0.15, 0.2) is 0 Å². The Balaban J connectivity index is 1.90. The minimum absolute atomic E-state index is 0.219. The molecule has 0 aliphatic carbocycles. The van der Waals surface area contributed by atoms with Crippen LogP contribution in [0.3, 0.4) is 0 Å². The predicted molar refractivity (Wildman–Crippen MR) is 88.0 cm³/mol. The lowest BCUT2D eigenvalue weighted by molar-refractivity contribution is 0.217. The lowest BCUT2D eigenvalue weighted by Gasteiger charge is -2.15. The highest BCUT2D eigenvalue weighted by molar-refractivity contribution is 5.32. The van der Waals surface area contributed by atoms with Gasteiger partial charge in [0.25, 0.3) is 0 Å². The Kier molecular flexibility index (Phi) is 5.52. The minimum atomic E-state index is 0.219. The number of aromatic nitrogens is 3. The van der Waals surface area contributed by atoms with Crippen molar-refractivity contribution in [3.8, 4) is 5.75 Å². The van der Waals surface area contributed by atoms with Crippen molar-refractivity contribution in [1.29, 1.82) is 0 Å². The smallest absolute Gasteiger partial charge is 0.227 e. The van der Waals surface area contributed by atoms with E-state index in [2.05, 4.69) is 53.2 Å². The summed E-state index contributed by atoms with van der Waals surface area (Å²) >= 11 is 0. The van der Waals surface area contributed by atoms with Gasteiger partial charge in [-0.1, -0.05) is 26.0 Å². The molecule has 3 N–H and O–H groups in total. The van der Waals surface area contributed by atoms with Gasteiger partial charge in [-0.2, -0.15) is 4.98 Å². The van der Waals surface area contributed by atoms with Crippen molar-refractivity contribution >= 4 is 11.9 Å². The first-order valence-corrected chi connectivity index (χ1v) is 7.53. The van der Waals surface area contributed by atoms with Crippen LogP contribution in [0.5, 0.6) is 5.75 Å². The third-order valence-electron chi connectivity index (χ3n) is 3.52. The molecule has 0 aliphatic rings. The van der Waals surface area contributed by atoms with E-state index in [4.69, 9.17) is 10.5 Å². The zero-order valence-corrected chi connectivity index (χ0v) is 13.3. The number of hydrogen-bond donors (Lipinski definition) is 2. The monoisotopic (exact) mass is 301 g/mol. The van der Waals surface area contributed by atoms with Crippen molar-refractivity contribution in [2.24, 2.45) is 0 Å². The molecule has 0 amide bonds. The maximum atomic E-state index is 5.78. The average molecular weight is 301 g/mol. The van der Waals surface area contributed by atoms with E-state index in [-0.39, 0.29) is 12.1 Å². The molecule has 118 valence electrons. The van der Waals surface area contributed by atoms with E-state index in [1.807, 2.05) is 12.1 Å². The van der Waals surface area contributed by atoms with Gasteiger partial charge in [-0.3, -0.25) is 0 Å². The molecule has 0 aliphatic heterocycles. The molecule has 1 aromatic heterocycles. The number of nitrogens with zero attached hydrogens (tertiary/aromatic N) is 3. The Bertz CT molecular complexity index is 587. The van der Waals surface area contributed by atoms with Crippen LogP contribution in [0.15, 0.2) is 30.6 Å². The van der Waals surface area contributed by atoms with Crippen molar-refractivity contribution in [1.82, 2.24) is 15.0 Å². The van der Waals surface area contributed by atoms with Crippen LogP contribution in [0.1, 0.15) is 38.7 Å². The van der Waals surface area contributed by atoms with Crippen molar-refractivity contribution < 1.29 is 4.74 Å². The molecule has 2 rings (SSSR count). The molecule has 6 nitrogen and oxygen atoms in total. The minimum Gasteiger partial charge on any atom is -0.491 e. The van der Waals surface area contributed by atoms with E-state index in [9.17, 15) is 0 Å². The van der Waals surface area contributed by atoms with E-state index >= 15 is 0 Å². The third-order valence-corrected chi connectivity index (χ3v) is 3.52. The van der Waals surface area contributed by atoms with Crippen molar-refractivity contribution in [3.05, 3.63) is 36.2 Å². The maximum absolute atomic E-state index is 5.78. The number of nitrogens with one attached hydrogen (secondary N) is 1. The molecule has 1 aromatic carbocycles. The summed E-state index contributed by atoms with van der Waals surface area (Å²) in [4.78, 5) is 11.8. The zero-order valence-electron chi connectivity index (χ0n) is 13.3. The number of rotatable bonds is 7. The van der Waals surface area contributed by atoms with Crippen molar-refractivity contribution in [2.45, 2.75) is 39.2 Å². The SMILES string of the molecule is CC[C@H](C)Oc1ccc([C@@H](C)CNc2ncnc(N)n2)cc1. The van der Waals surface area contributed by atoms with Crippen LogP contribution in [0.4, 0.5) is 11.9 Å². The van der Waals surface area contributed by atoms with Gasteiger partial charge < -0.3 is 15.8 Å². The quantitative estimate of drug-likeness (QED) is 0.818. The van der Waals surface area contributed by atoms with Gasteiger partial charge in [-0.05, 0) is 37.0 Å². The first kappa shape index (κ1) is 16.0. The van der Waals surface area contributed by atoms with Crippen LogP contribution in [-0.4, -0.2) is 27.6 Å². The summed E-state index contributed by atoms with van der Waals surface area (Å²) in [6.07, 6.45) is 2.63. The van der Waals surface area contributed by atoms with Crippen LogP contribution in [0.25, 0.3) is 0 Å². The van der Waals surface area contributed by atoms with Gasteiger partial charge in [0.1, 0.15) is 12.1 Å². The summed E-state index contributed by atoms with van der Waals surface area (Å²) in [7, 11) is 0. The van der Waals surface area contributed by atoms with E-state index in [0.717, 1.165) is 18.7 Å². The van der Waals surface area contributed by atoms with Crippen molar-refractivity contribution in [2.75, 3.05) is 17.6 Å². The van der Waals surface area contributed by atoms with E-state index in [0.29, 0.717) is 11.9 Å². The maximum Gasteiger partial charge on any atom is 0.227 e. The fourth-order valence-corrected chi connectivity index (χ4v) is 1.95. The highest BCUT2D eigenvalue weighted by Gasteiger charge is 2.08. The Labute approximate surface area is 131 Å². The summed E-state index contributed by atoms with van der Waals surface area (Å²) in [5.41, 5.74) is 6.76. The fourth-order valence-electron chi connectivity index (χ4n) is 1.95. The van der Waals surface area contributed by atoms with Gasteiger partial charge in [0.2, 0.25) is 11.9 Å². The Morgan fingerprint density at radius 1 is 1.18 bits per heavy atom. The van der Waals surface area contributed by atoms with Crippen molar-refractivity contribution in [3.63, 3.8) is 0 Å². The molecule has 0 bridgehead atoms. The number of nitrogens with two attached hydrogens (primary N) is 1. The topological polar surface area (TPSA) is 86.0 Å². The summed E-state index contributed by atoms with van der Waals surface area (Å²) in [5.74, 6) is 1.94. The average Bonchev–Trinajstić information content (AvgIpc) is 2.53.